The number of anilines is 1. The molecule has 10 nitrogen and oxygen atoms in total. The van der Waals surface area contributed by atoms with Gasteiger partial charge in [0.2, 0.25) is 0 Å². The van der Waals surface area contributed by atoms with Gasteiger partial charge in [-0.25, -0.2) is 14.5 Å². The molecule has 0 amide bonds. The van der Waals surface area contributed by atoms with E-state index in [1.54, 1.807) is 9.20 Å². The molecule has 1 saturated heterocycles. The number of nitrogens with zero attached hydrogens (tertiary/aromatic N) is 6. The van der Waals surface area contributed by atoms with Crippen molar-refractivity contribution in [2.45, 2.75) is 84.8 Å². The molecule has 1 fully saturated rings. The van der Waals surface area contributed by atoms with Gasteiger partial charge in [0, 0.05) is 37.5 Å². The fourth-order valence-corrected chi connectivity index (χ4v) is 6.41. The fraction of sp³-hybridized carbons (Fsp3) is 0.486. The lowest BCUT2D eigenvalue weighted by molar-refractivity contribution is -0.160. The van der Waals surface area contributed by atoms with Crippen LogP contribution < -0.4 is 9.64 Å². The van der Waals surface area contributed by atoms with E-state index in [9.17, 15) is 9.90 Å². The molecule has 0 radical (unpaired) electrons. The molecule has 3 aliphatic heterocycles. The smallest absolute Gasteiger partial charge is 0.337 e. The van der Waals surface area contributed by atoms with Crippen molar-refractivity contribution in [2.75, 3.05) is 24.6 Å². The Labute approximate surface area is 264 Å². The first-order valence-corrected chi connectivity index (χ1v) is 16.0. The summed E-state index contributed by atoms with van der Waals surface area (Å²) in [5.74, 6) is 1.18. The summed E-state index contributed by atoms with van der Waals surface area (Å²) in [6.07, 6.45) is 12.8. The van der Waals surface area contributed by atoms with E-state index in [1.165, 1.54) is 0 Å². The molecule has 238 valence electrons. The largest absolute Gasteiger partial charge is 0.493 e. The molecule has 6 heterocycles. The number of allylic oxidation sites excluding steroid dienone is 1. The number of aryl methyl sites for hydroxylation is 1. The van der Waals surface area contributed by atoms with Crippen molar-refractivity contribution in [3.05, 3.63) is 77.3 Å². The molecule has 1 atom stereocenters. The lowest BCUT2D eigenvalue weighted by Crippen LogP contribution is -2.41. The molecule has 0 aliphatic carbocycles. The van der Waals surface area contributed by atoms with Crippen molar-refractivity contribution in [3.63, 3.8) is 0 Å². The summed E-state index contributed by atoms with van der Waals surface area (Å²) in [5.41, 5.74) is 3.43. The molecular weight excluding hydrogens is 568 g/mol. The van der Waals surface area contributed by atoms with E-state index >= 15 is 0 Å². The van der Waals surface area contributed by atoms with Crippen molar-refractivity contribution < 1.29 is 19.4 Å². The fourth-order valence-electron chi connectivity index (χ4n) is 6.41. The number of ether oxygens (including phenoxy) is 2. The van der Waals surface area contributed by atoms with Gasteiger partial charge in [0.1, 0.15) is 11.6 Å². The quantitative estimate of drug-likeness (QED) is 0.262. The molecule has 4 aromatic rings. The number of carboxylic acids is 1. The number of carbonyl (C=O) groups is 1. The Hall–Kier alpha value is -4.18. The van der Waals surface area contributed by atoms with Crippen LogP contribution in [-0.4, -0.2) is 60.8 Å². The third-order valence-electron chi connectivity index (χ3n) is 8.88. The normalized spacial score (nSPS) is 18.6. The topological polar surface area (TPSA) is 107 Å². The second kappa shape index (κ2) is 12.3. The maximum atomic E-state index is 12.8. The lowest BCUT2D eigenvalue weighted by Gasteiger charge is -2.41. The summed E-state index contributed by atoms with van der Waals surface area (Å²) in [6.45, 7) is 12.0. The van der Waals surface area contributed by atoms with E-state index in [2.05, 4.69) is 35.1 Å². The van der Waals surface area contributed by atoms with Crippen LogP contribution in [0.3, 0.4) is 0 Å². The molecule has 0 unspecified atom stereocenters. The number of aliphatic carboxylic acids is 1. The Balaban J connectivity index is 1.47. The molecule has 1 N–H and O–H groups in total. The molecule has 0 spiro atoms. The first-order valence-electron chi connectivity index (χ1n) is 16.0. The van der Waals surface area contributed by atoms with Gasteiger partial charge in [-0.05, 0) is 82.4 Å². The maximum absolute atomic E-state index is 12.8. The second-order valence-corrected chi connectivity index (χ2v) is 13.7. The summed E-state index contributed by atoms with van der Waals surface area (Å²) in [4.78, 5) is 19.9. The van der Waals surface area contributed by atoms with Gasteiger partial charge in [-0.2, -0.15) is 9.61 Å². The van der Waals surface area contributed by atoms with Gasteiger partial charge < -0.3 is 19.5 Å². The predicted octanol–water partition coefficient (Wildman–Crippen LogP) is 6.48. The number of rotatable bonds is 3. The van der Waals surface area contributed by atoms with Gasteiger partial charge in [-0.3, -0.25) is 0 Å². The van der Waals surface area contributed by atoms with Crippen LogP contribution in [-0.2, 0) is 16.0 Å². The first-order chi connectivity index (χ1) is 21.5. The highest BCUT2D eigenvalue weighted by Crippen LogP contribution is 2.41. The Morgan fingerprint density at radius 3 is 2.62 bits per heavy atom. The number of fused-ring (bicyclic) bond motifs is 7. The number of benzene rings is 1. The number of hydrogen-bond donors (Lipinski definition) is 1. The summed E-state index contributed by atoms with van der Waals surface area (Å²) >= 11 is 0. The number of carboxylic acid groups (broad SMARTS) is 1. The first kappa shape index (κ1) is 30.8. The molecule has 6 bridgehead atoms. The number of hydrogen-bond acceptors (Lipinski definition) is 7. The highest BCUT2D eigenvalue weighted by molar-refractivity contribution is 5.78. The van der Waals surface area contributed by atoms with Crippen molar-refractivity contribution in [1.29, 1.82) is 0 Å². The molecule has 3 aliphatic rings. The van der Waals surface area contributed by atoms with E-state index in [1.807, 2.05) is 64.4 Å². The summed E-state index contributed by atoms with van der Waals surface area (Å²) < 4.78 is 15.9. The van der Waals surface area contributed by atoms with Crippen LogP contribution in [0.4, 0.5) is 5.82 Å². The zero-order valence-corrected chi connectivity index (χ0v) is 27.0. The van der Waals surface area contributed by atoms with Crippen molar-refractivity contribution in [2.24, 2.45) is 5.41 Å². The van der Waals surface area contributed by atoms with Crippen LogP contribution in [0, 0.1) is 12.3 Å². The third-order valence-corrected chi connectivity index (χ3v) is 8.88. The summed E-state index contributed by atoms with van der Waals surface area (Å²) in [6, 6.07) is 10.0. The van der Waals surface area contributed by atoms with E-state index in [4.69, 9.17) is 19.6 Å². The molecule has 1 aromatic carbocycles. The lowest BCUT2D eigenvalue weighted by atomic mass is 9.76. The van der Waals surface area contributed by atoms with Crippen LogP contribution in [0.5, 0.6) is 5.75 Å². The Kier molecular flexibility index (Phi) is 8.43. The highest BCUT2D eigenvalue weighted by atomic mass is 16.5. The van der Waals surface area contributed by atoms with Crippen LogP contribution in [0.2, 0.25) is 0 Å². The zero-order chi connectivity index (χ0) is 31.8. The number of aromatic nitrogens is 5. The van der Waals surface area contributed by atoms with Crippen LogP contribution in [0.25, 0.3) is 11.5 Å². The van der Waals surface area contributed by atoms with Gasteiger partial charge in [0.25, 0.3) is 0 Å². The summed E-state index contributed by atoms with van der Waals surface area (Å²) in [5, 5.41) is 20.1. The minimum atomic E-state index is -1.20. The number of piperidine rings is 1. The van der Waals surface area contributed by atoms with Crippen molar-refractivity contribution in [1.82, 2.24) is 24.4 Å². The van der Waals surface area contributed by atoms with Gasteiger partial charge >= 0.3 is 5.97 Å². The predicted molar refractivity (Wildman–Crippen MR) is 173 cm³/mol. The minimum Gasteiger partial charge on any atom is -0.493 e. The van der Waals surface area contributed by atoms with Gasteiger partial charge in [0.15, 0.2) is 17.6 Å². The average Bonchev–Trinajstić information content (AvgIpc) is 3.62. The van der Waals surface area contributed by atoms with Crippen molar-refractivity contribution >= 4 is 17.4 Å². The highest BCUT2D eigenvalue weighted by Gasteiger charge is 2.37. The van der Waals surface area contributed by atoms with Crippen LogP contribution in [0.1, 0.15) is 88.3 Å². The molecule has 3 aromatic heterocycles. The molecule has 0 saturated carbocycles. The van der Waals surface area contributed by atoms with E-state index in [-0.39, 0.29) is 5.41 Å². The zero-order valence-electron chi connectivity index (χ0n) is 27.0. The molecular formula is C35H44N6O4. The minimum absolute atomic E-state index is 0.186. The van der Waals surface area contributed by atoms with Crippen molar-refractivity contribution in [3.8, 4) is 11.6 Å². The van der Waals surface area contributed by atoms with E-state index in [0.717, 1.165) is 67.9 Å². The van der Waals surface area contributed by atoms with Crippen LogP contribution >= 0.6 is 0 Å². The Morgan fingerprint density at radius 1 is 1.11 bits per heavy atom. The molecule has 45 heavy (non-hydrogen) atoms. The third kappa shape index (κ3) is 6.76. The second-order valence-electron chi connectivity index (χ2n) is 13.7. The monoisotopic (exact) mass is 612 g/mol. The van der Waals surface area contributed by atoms with Gasteiger partial charge in [-0.1, -0.05) is 37.3 Å². The van der Waals surface area contributed by atoms with Gasteiger partial charge in [-0.15, -0.1) is 5.10 Å². The average molecular weight is 613 g/mol. The molecule has 7 rings (SSSR count). The van der Waals surface area contributed by atoms with E-state index in [0.29, 0.717) is 35.8 Å². The van der Waals surface area contributed by atoms with E-state index < -0.39 is 17.7 Å². The SMILES string of the molecule is Cc1nc2cc3nn2c(c1[C@H](OC(C)(C)C)C(=O)O)N1CCC(C)(CC/C=C\CCOc2ccccc2Cc2cnn-3c2)CC1. The van der Waals surface area contributed by atoms with Crippen LogP contribution in [0.15, 0.2) is 54.9 Å². The molecule has 10 heteroatoms. The standard InChI is InChI=1S/C35H44N6O4/c1-24-30(31(33(42)43)45-34(2,3)4)32-39-17-15-35(5,16-18-39)14-10-6-7-11-19-44-27-13-9-8-12-26(27)20-25-22-36-40(23-25)29-21-28(37-24)41(32)38-29/h6-9,12-13,21-23,31H,10-11,14-20H2,1-5H3,(H,42,43)/b7-6-/t31-/m0/s1. The Morgan fingerprint density at radius 2 is 1.87 bits per heavy atom. The Bertz CT molecular complexity index is 1710. The maximum Gasteiger partial charge on any atom is 0.337 e. The summed E-state index contributed by atoms with van der Waals surface area (Å²) in [7, 11) is 0. The number of para-hydroxylation sites is 1. The van der Waals surface area contributed by atoms with Gasteiger partial charge in [0.05, 0.1) is 24.0 Å².